The Bertz CT molecular complexity index is 161. The Labute approximate surface area is 105 Å². The second-order valence-electron chi connectivity index (χ2n) is 3.54. The third-order valence-corrected chi connectivity index (χ3v) is 4.74. The normalized spacial score (nSPS) is 13.2. The van der Waals surface area contributed by atoms with Gasteiger partial charge < -0.3 is 4.74 Å². The Morgan fingerprint density at radius 2 is 1.67 bits per heavy atom. The Morgan fingerprint density at radius 1 is 1.13 bits per heavy atom. The van der Waals surface area contributed by atoms with Crippen LogP contribution < -0.4 is 0 Å². The van der Waals surface area contributed by atoms with Crippen LogP contribution in [0.25, 0.3) is 0 Å². The monoisotopic (exact) mass is 354 g/mol. The summed E-state index contributed by atoms with van der Waals surface area (Å²) in [5, 5.41) is 1.52. The van der Waals surface area contributed by atoms with Crippen molar-refractivity contribution in [2.45, 2.75) is 25.9 Å². The van der Waals surface area contributed by atoms with Gasteiger partial charge in [0.05, 0.1) is 0 Å². The summed E-state index contributed by atoms with van der Waals surface area (Å²) in [6.07, 6.45) is -2.70. The van der Waals surface area contributed by atoms with E-state index in [1.54, 1.807) is 0 Å². The molecular formula is C9H15Br2F3O. The van der Waals surface area contributed by atoms with Crippen LogP contribution in [-0.2, 0) is 4.74 Å². The molecule has 0 aliphatic heterocycles. The molecule has 0 radical (unpaired) electrons. The number of hydrogen-bond acceptors (Lipinski definition) is 1. The first-order chi connectivity index (χ1) is 6.89. The van der Waals surface area contributed by atoms with Gasteiger partial charge in [0.25, 0.3) is 0 Å². The molecule has 0 amide bonds. The van der Waals surface area contributed by atoms with Gasteiger partial charge in [-0.05, 0) is 18.3 Å². The summed E-state index contributed by atoms with van der Waals surface area (Å²) in [5.74, 6) is 0. The molecule has 0 aromatic rings. The van der Waals surface area contributed by atoms with Gasteiger partial charge in [-0.15, -0.1) is 0 Å². The molecule has 0 aliphatic rings. The average molecular weight is 356 g/mol. The third-order valence-electron chi connectivity index (χ3n) is 2.36. The molecule has 0 bridgehead atoms. The molecule has 0 atom stereocenters. The Balaban J connectivity index is 3.82. The lowest BCUT2D eigenvalue weighted by Gasteiger charge is -2.28. The fourth-order valence-corrected chi connectivity index (χ4v) is 3.29. The number of hydrogen-bond donors (Lipinski definition) is 0. The Morgan fingerprint density at radius 3 is 2.00 bits per heavy atom. The lowest BCUT2D eigenvalue weighted by Crippen LogP contribution is -2.27. The van der Waals surface area contributed by atoms with Gasteiger partial charge >= 0.3 is 6.18 Å². The lowest BCUT2D eigenvalue weighted by atomic mass is 9.87. The van der Waals surface area contributed by atoms with Crippen LogP contribution in [0.5, 0.6) is 0 Å². The summed E-state index contributed by atoms with van der Waals surface area (Å²) in [6.45, 7) is 1.01. The van der Waals surface area contributed by atoms with Crippen molar-refractivity contribution in [2.75, 3.05) is 23.9 Å². The molecule has 0 heterocycles. The summed E-state index contributed by atoms with van der Waals surface area (Å²) in [6, 6.07) is 0. The van der Waals surface area contributed by atoms with Gasteiger partial charge in [-0.3, -0.25) is 0 Å². The number of halogens is 5. The molecule has 0 aromatic heterocycles. The highest BCUT2D eigenvalue weighted by atomic mass is 79.9. The molecule has 0 fully saturated rings. The first-order valence-corrected chi connectivity index (χ1v) is 6.90. The second-order valence-corrected chi connectivity index (χ2v) is 4.66. The van der Waals surface area contributed by atoms with E-state index in [2.05, 4.69) is 36.6 Å². The molecule has 6 heteroatoms. The van der Waals surface area contributed by atoms with Crippen molar-refractivity contribution >= 4 is 31.9 Å². The summed E-state index contributed by atoms with van der Waals surface area (Å²) < 4.78 is 39.9. The molecule has 0 aromatic carbocycles. The van der Waals surface area contributed by atoms with Gasteiger partial charge in [0, 0.05) is 17.3 Å². The summed E-state index contributed by atoms with van der Waals surface area (Å²) in [5.41, 5.74) is -0.00833. The lowest BCUT2D eigenvalue weighted by molar-refractivity contribution is -0.175. The average Bonchev–Trinajstić information content (AvgIpc) is 2.18. The van der Waals surface area contributed by atoms with Crippen molar-refractivity contribution in [1.82, 2.24) is 0 Å². The highest BCUT2D eigenvalue weighted by Crippen LogP contribution is 2.31. The van der Waals surface area contributed by atoms with Crippen LogP contribution in [0.4, 0.5) is 13.2 Å². The van der Waals surface area contributed by atoms with Crippen molar-refractivity contribution in [1.29, 1.82) is 0 Å². The predicted molar refractivity (Wildman–Crippen MR) is 61.8 cm³/mol. The van der Waals surface area contributed by atoms with E-state index < -0.39 is 12.8 Å². The SMILES string of the molecule is CCC(CBr)(CBr)CCOCC(F)(F)F. The van der Waals surface area contributed by atoms with E-state index in [4.69, 9.17) is 0 Å². The molecule has 0 N–H and O–H groups in total. The summed E-state index contributed by atoms with van der Waals surface area (Å²) >= 11 is 6.75. The van der Waals surface area contributed by atoms with Crippen LogP contribution in [0, 0.1) is 5.41 Å². The maximum absolute atomic E-state index is 11.8. The van der Waals surface area contributed by atoms with Gasteiger partial charge in [-0.25, -0.2) is 0 Å². The minimum absolute atomic E-state index is 0.00833. The molecule has 0 saturated carbocycles. The van der Waals surface area contributed by atoms with Gasteiger partial charge in [0.1, 0.15) is 6.61 Å². The number of rotatable bonds is 7. The van der Waals surface area contributed by atoms with Gasteiger partial charge in [-0.1, -0.05) is 38.8 Å². The van der Waals surface area contributed by atoms with Crippen molar-refractivity contribution in [3.8, 4) is 0 Å². The molecule has 0 saturated heterocycles. The zero-order valence-electron chi connectivity index (χ0n) is 8.54. The predicted octanol–water partition coefficient (Wildman–Crippen LogP) is 4.14. The van der Waals surface area contributed by atoms with Gasteiger partial charge in [0.2, 0.25) is 0 Å². The molecule has 92 valence electrons. The smallest absolute Gasteiger partial charge is 0.372 e. The molecule has 1 nitrogen and oxygen atoms in total. The molecular weight excluding hydrogens is 341 g/mol. The second kappa shape index (κ2) is 7.12. The molecule has 0 spiro atoms. The van der Waals surface area contributed by atoms with Crippen molar-refractivity contribution < 1.29 is 17.9 Å². The zero-order valence-corrected chi connectivity index (χ0v) is 11.7. The van der Waals surface area contributed by atoms with Gasteiger partial charge in [0.15, 0.2) is 0 Å². The highest BCUT2D eigenvalue weighted by molar-refractivity contribution is 9.09. The minimum atomic E-state index is -4.22. The van der Waals surface area contributed by atoms with Crippen LogP contribution in [-0.4, -0.2) is 30.1 Å². The van der Waals surface area contributed by atoms with Crippen LogP contribution in [0.2, 0.25) is 0 Å². The van der Waals surface area contributed by atoms with Crippen LogP contribution >= 0.6 is 31.9 Å². The van der Waals surface area contributed by atoms with E-state index >= 15 is 0 Å². The van der Waals surface area contributed by atoms with E-state index in [1.165, 1.54) is 0 Å². The van der Waals surface area contributed by atoms with Crippen molar-refractivity contribution in [2.24, 2.45) is 5.41 Å². The Kier molecular flexibility index (Phi) is 7.45. The van der Waals surface area contributed by atoms with Crippen LogP contribution in [0.3, 0.4) is 0 Å². The highest BCUT2D eigenvalue weighted by Gasteiger charge is 2.29. The maximum Gasteiger partial charge on any atom is 0.411 e. The maximum atomic E-state index is 11.8. The zero-order chi connectivity index (χ0) is 11.9. The number of ether oxygens (including phenoxy) is 1. The topological polar surface area (TPSA) is 9.23 Å². The van der Waals surface area contributed by atoms with E-state index in [-0.39, 0.29) is 12.0 Å². The minimum Gasteiger partial charge on any atom is -0.372 e. The van der Waals surface area contributed by atoms with Crippen molar-refractivity contribution in [3.05, 3.63) is 0 Å². The summed E-state index contributed by atoms with van der Waals surface area (Å²) in [4.78, 5) is 0. The molecule has 0 rings (SSSR count). The van der Waals surface area contributed by atoms with Crippen molar-refractivity contribution in [3.63, 3.8) is 0 Å². The van der Waals surface area contributed by atoms with Crippen LogP contribution in [0.15, 0.2) is 0 Å². The van der Waals surface area contributed by atoms with E-state index in [0.29, 0.717) is 6.42 Å². The molecule has 15 heavy (non-hydrogen) atoms. The fourth-order valence-electron chi connectivity index (χ4n) is 1.01. The first kappa shape index (κ1) is 15.7. The fraction of sp³-hybridized carbons (Fsp3) is 1.00. The Hall–Kier alpha value is 0.710. The van der Waals surface area contributed by atoms with E-state index in [1.807, 2.05) is 6.92 Å². The van der Waals surface area contributed by atoms with Gasteiger partial charge in [-0.2, -0.15) is 13.2 Å². The van der Waals surface area contributed by atoms with E-state index in [0.717, 1.165) is 17.1 Å². The third kappa shape index (κ3) is 6.79. The summed E-state index contributed by atoms with van der Waals surface area (Å²) in [7, 11) is 0. The molecule has 0 unspecified atom stereocenters. The number of alkyl halides is 5. The standard InChI is InChI=1S/C9H15Br2F3O/c1-2-8(5-10,6-11)3-4-15-7-9(12,13)14/h2-7H2,1H3. The molecule has 0 aliphatic carbocycles. The van der Waals surface area contributed by atoms with Crippen LogP contribution in [0.1, 0.15) is 19.8 Å². The first-order valence-electron chi connectivity index (χ1n) is 4.65. The quantitative estimate of drug-likeness (QED) is 0.492. The van der Waals surface area contributed by atoms with E-state index in [9.17, 15) is 13.2 Å². The largest absolute Gasteiger partial charge is 0.411 e.